The van der Waals surface area contributed by atoms with E-state index < -0.39 is 11.2 Å². The van der Waals surface area contributed by atoms with Crippen molar-refractivity contribution < 1.29 is 20.4 Å². The maximum atomic E-state index is 7.11. The number of ether oxygens (including phenoxy) is 2. The van der Waals surface area contributed by atoms with E-state index in [2.05, 4.69) is 167 Å². The van der Waals surface area contributed by atoms with Gasteiger partial charge < -0.3 is 9.47 Å². The van der Waals surface area contributed by atoms with Crippen molar-refractivity contribution in [3.63, 3.8) is 0 Å². The summed E-state index contributed by atoms with van der Waals surface area (Å²) in [5.74, 6) is 1.30. The predicted molar refractivity (Wildman–Crippen MR) is 193 cm³/mol. The molecule has 0 amide bonds. The van der Waals surface area contributed by atoms with E-state index in [9.17, 15) is 0 Å². The van der Waals surface area contributed by atoms with Crippen LogP contribution < -0.4 is 0 Å². The summed E-state index contributed by atoms with van der Waals surface area (Å²) in [5, 5.41) is 0. The Hall–Kier alpha value is -2.73. The Kier molecular flexibility index (Phi) is 10.7. The molecule has 2 aliphatic heterocycles. The summed E-state index contributed by atoms with van der Waals surface area (Å²) in [5.41, 5.74) is 2.45. The summed E-state index contributed by atoms with van der Waals surface area (Å²) in [4.78, 5) is 10.7. The van der Waals surface area contributed by atoms with Gasteiger partial charge in [0.1, 0.15) is 12.1 Å². The predicted octanol–water partition coefficient (Wildman–Crippen LogP) is 10.6. The van der Waals surface area contributed by atoms with Gasteiger partial charge in [-0.05, 0) is 10.8 Å². The van der Waals surface area contributed by atoms with E-state index in [1.54, 1.807) is 0 Å². The average Bonchev–Trinajstić information content (AvgIpc) is 3.65. The van der Waals surface area contributed by atoms with Gasteiger partial charge in [0.2, 0.25) is 0 Å². The van der Waals surface area contributed by atoms with E-state index in [1.165, 1.54) is 10.9 Å². The molecular weight excluding hydrogens is 747 g/mol. The Morgan fingerprint density at radius 2 is 0.761 bits per heavy atom. The first-order valence-corrected chi connectivity index (χ1v) is 20.4. The van der Waals surface area contributed by atoms with Crippen molar-refractivity contribution in [3.8, 4) is 0 Å². The first-order chi connectivity index (χ1) is 22.0. The van der Waals surface area contributed by atoms with Gasteiger partial charge in [0, 0.05) is 22.3 Å². The van der Waals surface area contributed by atoms with Crippen LogP contribution in [0, 0.1) is 10.8 Å². The van der Waals surface area contributed by atoms with E-state index in [-0.39, 0.29) is 22.9 Å². The van der Waals surface area contributed by atoms with Crippen LogP contribution in [-0.4, -0.2) is 23.9 Å². The monoisotopic (exact) mass is 786 g/mol. The molecule has 4 aromatic rings. The second-order valence-corrected chi connectivity index (χ2v) is 18.9. The molecule has 2 heterocycles. The van der Waals surface area contributed by atoms with E-state index in [4.69, 9.17) is 19.5 Å². The third-order valence-corrected chi connectivity index (χ3v) is 8.63. The third kappa shape index (κ3) is 6.79. The summed E-state index contributed by atoms with van der Waals surface area (Å²) in [6.07, 6.45) is 0.377. The molecule has 2 aliphatic rings. The van der Waals surface area contributed by atoms with Crippen LogP contribution in [0.15, 0.2) is 131 Å². The summed E-state index contributed by atoms with van der Waals surface area (Å²) in [6, 6.07) is 41.7. The van der Waals surface area contributed by atoms with E-state index in [0.29, 0.717) is 18.2 Å². The second kappa shape index (κ2) is 14.2. The SMILES string of the molecule is CC(C)(C)[C@H]1N=C(CC2=N[C@H](C(C)(C)C)C(c3ccccc3)(c3ccccc3)O2)OC1(c1ccccc1)c1ccccc1.[Br][Ni][Br]. The molecule has 0 unspecified atom stereocenters. The second-order valence-electron chi connectivity index (χ2n) is 13.9. The Morgan fingerprint density at radius 1 is 0.522 bits per heavy atom. The molecule has 0 aromatic heterocycles. The molecule has 2 atom stereocenters. The fourth-order valence-corrected chi connectivity index (χ4v) is 6.85. The Morgan fingerprint density at radius 3 is 0.978 bits per heavy atom. The number of nitrogens with zero attached hydrogens (tertiary/aromatic N) is 2. The molecule has 0 fully saturated rings. The van der Waals surface area contributed by atoms with E-state index >= 15 is 0 Å². The van der Waals surface area contributed by atoms with E-state index in [1.807, 2.05) is 24.3 Å². The Labute approximate surface area is 294 Å². The summed E-state index contributed by atoms with van der Waals surface area (Å²) in [6.45, 7) is 13.4. The van der Waals surface area contributed by atoms with Crippen molar-refractivity contribution in [2.75, 3.05) is 0 Å². The standard InChI is InChI=1S/C39H42N2O2.2BrH.Ni/c1-36(2,3)34-38(28-19-11-7-12-20-28,29-21-13-8-14-22-29)42-32(40-34)27-33-41-35(37(4,5)6)39(43-33,30-23-15-9-16-24-30)31-25-17-10-18-26-31;;;/h7-26,34-35H,27H2,1-6H3;2*1H;/q;;;+2/p-2/t34-,35-;;;/m1.../s1. The van der Waals surface area contributed by atoms with Crippen molar-refractivity contribution in [3.05, 3.63) is 144 Å². The quantitative estimate of drug-likeness (QED) is 0.183. The van der Waals surface area contributed by atoms with Crippen LogP contribution in [0.1, 0.15) is 70.2 Å². The van der Waals surface area contributed by atoms with Crippen molar-refractivity contribution in [1.29, 1.82) is 0 Å². The summed E-state index contributed by atoms with van der Waals surface area (Å²) < 4.78 is 14.2. The van der Waals surface area contributed by atoms with Gasteiger partial charge in [-0.3, -0.25) is 0 Å². The van der Waals surface area contributed by atoms with Crippen LogP contribution in [0.2, 0.25) is 0 Å². The van der Waals surface area contributed by atoms with Crippen LogP contribution in [0.25, 0.3) is 0 Å². The zero-order valence-corrected chi connectivity index (χ0v) is 31.4. The van der Waals surface area contributed by atoms with Crippen LogP contribution >= 0.6 is 28.5 Å². The molecule has 0 saturated carbocycles. The van der Waals surface area contributed by atoms with Gasteiger partial charge in [-0.15, -0.1) is 0 Å². The van der Waals surface area contributed by atoms with Crippen LogP contribution in [0.3, 0.4) is 0 Å². The van der Waals surface area contributed by atoms with Crippen molar-refractivity contribution in [2.24, 2.45) is 20.8 Å². The molecule has 7 heteroatoms. The van der Waals surface area contributed by atoms with Crippen LogP contribution in [0.4, 0.5) is 0 Å². The normalized spacial score (nSPS) is 20.1. The molecular formula is C39H42Br2N2NiO2. The topological polar surface area (TPSA) is 43.2 Å². The maximum absolute atomic E-state index is 7.11. The fraction of sp³-hybridized carbons (Fsp3) is 0.333. The first kappa shape index (κ1) is 34.6. The summed E-state index contributed by atoms with van der Waals surface area (Å²) in [7, 11) is 1.25. The number of hydrogen-bond donors (Lipinski definition) is 0. The zero-order valence-electron chi connectivity index (χ0n) is 27.2. The van der Waals surface area contributed by atoms with Crippen molar-refractivity contribution >= 4 is 40.2 Å². The third-order valence-electron chi connectivity index (χ3n) is 8.63. The Balaban J connectivity index is 0.00000134. The molecule has 0 spiro atoms. The molecule has 0 radical (unpaired) electrons. The van der Waals surface area contributed by atoms with Gasteiger partial charge >= 0.3 is 39.3 Å². The van der Waals surface area contributed by atoms with Gasteiger partial charge in [0.05, 0.1) is 6.42 Å². The van der Waals surface area contributed by atoms with Gasteiger partial charge in [0.15, 0.2) is 23.0 Å². The minimum absolute atomic E-state index is 0.159. The fourth-order valence-electron chi connectivity index (χ4n) is 6.85. The van der Waals surface area contributed by atoms with Gasteiger partial charge in [-0.25, -0.2) is 9.98 Å². The number of halogens is 2. The number of benzene rings is 4. The molecule has 6 rings (SSSR count). The number of aliphatic imine (C=N–C) groups is 2. The molecule has 244 valence electrons. The molecule has 0 bridgehead atoms. The molecule has 0 N–H and O–H groups in total. The van der Waals surface area contributed by atoms with Gasteiger partial charge in [-0.2, -0.15) is 0 Å². The first-order valence-electron chi connectivity index (χ1n) is 15.5. The number of hydrogen-bond acceptors (Lipinski definition) is 4. The van der Waals surface area contributed by atoms with Crippen LogP contribution in [0.5, 0.6) is 0 Å². The van der Waals surface area contributed by atoms with Gasteiger partial charge in [-0.1, -0.05) is 163 Å². The van der Waals surface area contributed by atoms with E-state index in [0.717, 1.165) is 22.3 Å². The number of rotatable bonds is 6. The summed E-state index contributed by atoms with van der Waals surface area (Å²) >= 11 is 6.00. The minimum atomic E-state index is -0.769. The molecule has 0 saturated heterocycles. The zero-order chi connectivity index (χ0) is 33.0. The van der Waals surface area contributed by atoms with Crippen LogP contribution in [-0.2, 0) is 31.6 Å². The molecule has 0 aliphatic carbocycles. The molecule has 4 aromatic carbocycles. The Bertz CT molecular complexity index is 1430. The van der Waals surface area contributed by atoms with Gasteiger partial charge in [0.25, 0.3) is 0 Å². The van der Waals surface area contributed by atoms with Crippen molar-refractivity contribution in [1.82, 2.24) is 0 Å². The average molecular weight is 789 g/mol. The van der Waals surface area contributed by atoms with Crippen molar-refractivity contribution in [2.45, 2.75) is 71.2 Å². The molecule has 46 heavy (non-hydrogen) atoms. The molecule has 4 nitrogen and oxygen atoms in total.